The first-order valence-electron chi connectivity index (χ1n) is 8.86. The number of hydrogen-bond acceptors (Lipinski definition) is 6. The zero-order valence-electron chi connectivity index (χ0n) is 16.8. The summed E-state index contributed by atoms with van der Waals surface area (Å²) in [5.74, 6) is -1.71. The third-order valence-electron chi connectivity index (χ3n) is 4.52. The van der Waals surface area contributed by atoms with Crippen LogP contribution in [0.25, 0.3) is 0 Å². The average molecular weight is 387 g/mol. The molecule has 150 valence electrons. The molecule has 0 saturated carbocycles. The second kappa shape index (κ2) is 9.32. The van der Waals surface area contributed by atoms with Crippen LogP contribution < -0.4 is 0 Å². The lowest BCUT2D eigenvalue weighted by molar-refractivity contribution is 0.0463. The molecule has 1 heterocycles. The molecule has 0 aliphatic carbocycles. The molecule has 1 aromatic carbocycles. The van der Waals surface area contributed by atoms with Crippen LogP contribution in [0.2, 0.25) is 0 Å². The van der Waals surface area contributed by atoms with Gasteiger partial charge >= 0.3 is 11.9 Å². The standard InChI is InChI=1S/C21H25NO6/c1-13-10-18(15(3)22(13)14(2)11-26-4)19(23)12-28-21(25)17-9-7-6-8-16(17)20(24)27-5/h6-10,14H,11-12H2,1-5H3. The molecule has 2 aromatic rings. The van der Waals surface area contributed by atoms with Gasteiger partial charge < -0.3 is 18.8 Å². The predicted octanol–water partition coefficient (Wildman–Crippen LogP) is 3.14. The number of ketones is 1. The minimum Gasteiger partial charge on any atom is -0.465 e. The number of carbonyl (C=O) groups excluding carboxylic acids is 3. The van der Waals surface area contributed by atoms with Crippen LogP contribution in [0.3, 0.4) is 0 Å². The topological polar surface area (TPSA) is 83.8 Å². The van der Waals surface area contributed by atoms with E-state index in [-0.39, 0.29) is 23.0 Å². The number of rotatable bonds is 8. The fourth-order valence-electron chi connectivity index (χ4n) is 3.29. The molecule has 1 atom stereocenters. The molecule has 0 N–H and O–H groups in total. The smallest absolute Gasteiger partial charge is 0.339 e. The lowest BCUT2D eigenvalue weighted by Crippen LogP contribution is -2.18. The van der Waals surface area contributed by atoms with E-state index in [1.54, 1.807) is 25.3 Å². The highest BCUT2D eigenvalue weighted by Gasteiger charge is 2.22. The first-order chi connectivity index (χ1) is 13.3. The Morgan fingerprint density at radius 2 is 1.61 bits per heavy atom. The molecule has 7 heteroatoms. The van der Waals surface area contributed by atoms with Crippen molar-refractivity contribution < 1.29 is 28.6 Å². The van der Waals surface area contributed by atoms with Crippen LogP contribution >= 0.6 is 0 Å². The molecule has 0 fully saturated rings. The number of Topliss-reactive ketones (excluding diaryl/α,β-unsaturated/α-hetero) is 1. The van der Waals surface area contributed by atoms with E-state index in [1.165, 1.54) is 19.2 Å². The number of carbonyl (C=O) groups is 3. The summed E-state index contributed by atoms with van der Waals surface area (Å²) in [6.07, 6.45) is 0. The molecule has 0 radical (unpaired) electrons. The van der Waals surface area contributed by atoms with Crippen LogP contribution in [0.4, 0.5) is 0 Å². The molecule has 28 heavy (non-hydrogen) atoms. The number of esters is 2. The Balaban J connectivity index is 2.14. The highest BCUT2D eigenvalue weighted by molar-refractivity contribution is 6.04. The molecule has 1 unspecified atom stereocenters. The zero-order chi connectivity index (χ0) is 20.8. The van der Waals surface area contributed by atoms with Crippen molar-refractivity contribution in [3.63, 3.8) is 0 Å². The van der Waals surface area contributed by atoms with Crippen LogP contribution in [-0.2, 0) is 14.2 Å². The second-order valence-corrected chi connectivity index (χ2v) is 6.50. The summed E-state index contributed by atoms with van der Waals surface area (Å²) in [6, 6.07) is 7.99. The van der Waals surface area contributed by atoms with Crippen LogP contribution in [0, 0.1) is 13.8 Å². The summed E-state index contributed by atoms with van der Waals surface area (Å²) >= 11 is 0. The highest BCUT2D eigenvalue weighted by atomic mass is 16.5. The number of methoxy groups -OCH3 is 2. The molecule has 1 aromatic heterocycles. The van der Waals surface area contributed by atoms with Gasteiger partial charge in [0.05, 0.1) is 30.9 Å². The number of ether oxygens (including phenoxy) is 3. The average Bonchev–Trinajstić information content (AvgIpc) is 2.99. The Bertz CT molecular complexity index is 883. The summed E-state index contributed by atoms with van der Waals surface area (Å²) in [5.41, 5.74) is 2.36. The van der Waals surface area contributed by atoms with Gasteiger partial charge in [-0.3, -0.25) is 4.79 Å². The van der Waals surface area contributed by atoms with Crippen LogP contribution in [0.15, 0.2) is 30.3 Å². The minimum atomic E-state index is -0.754. The molecule has 0 aliphatic heterocycles. The van der Waals surface area contributed by atoms with Crippen molar-refractivity contribution in [1.29, 1.82) is 0 Å². The minimum absolute atomic E-state index is 0.0568. The highest BCUT2D eigenvalue weighted by Crippen LogP contribution is 2.21. The van der Waals surface area contributed by atoms with Gasteiger partial charge in [-0.05, 0) is 39.0 Å². The summed E-state index contributed by atoms with van der Waals surface area (Å²) in [4.78, 5) is 36.8. The van der Waals surface area contributed by atoms with Gasteiger partial charge in [0.2, 0.25) is 5.78 Å². The van der Waals surface area contributed by atoms with Gasteiger partial charge in [0.15, 0.2) is 6.61 Å². The van der Waals surface area contributed by atoms with E-state index in [9.17, 15) is 14.4 Å². The maximum Gasteiger partial charge on any atom is 0.339 e. The third-order valence-corrected chi connectivity index (χ3v) is 4.52. The summed E-state index contributed by atoms with van der Waals surface area (Å²) in [6.45, 7) is 5.86. The molecule has 0 spiro atoms. The summed E-state index contributed by atoms with van der Waals surface area (Å²) in [7, 11) is 2.86. The van der Waals surface area contributed by atoms with Crippen molar-refractivity contribution in [2.24, 2.45) is 0 Å². The normalized spacial score (nSPS) is 11.8. The Morgan fingerprint density at radius 1 is 1.00 bits per heavy atom. The van der Waals surface area contributed by atoms with Gasteiger partial charge in [0.1, 0.15) is 0 Å². The maximum atomic E-state index is 12.6. The molecule has 2 rings (SSSR count). The second-order valence-electron chi connectivity index (χ2n) is 6.50. The molecule has 0 amide bonds. The Labute approximate surface area is 164 Å². The number of aromatic nitrogens is 1. The number of nitrogens with zero attached hydrogens (tertiary/aromatic N) is 1. The van der Waals surface area contributed by atoms with Gasteiger partial charge in [-0.2, -0.15) is 0 Å². The Kier molecular flexibility index (Phi) is 7.12. The van der Waals surface area contributed by atoms with Gasteiger partial charge in [-0.15, -0.1) is 0 Å². The third kappa shape index (κ3) is 4.48. The SMILES string of the molecule is COCC(C)n1c(C)cc(C(=O)COC(=O)c2ccccc2C(=O)OC)c1C. The van der Waals surface area contributed by atoms with E-state index in [1.807, 2.05) is 25.3 Å². The van der Waals surface area contributed by atoms with Crippen LogP contribution in [0.5, 0.6) is 0 Å². The molecule has 0 bridgehead atoms. The molecule has 0 aliphatic rings. The van der Waals surface area contributed by atoms with Crippen molar-refractivity contribution in [1.82, 2.24) is 4.57 Å². The first kappa shape index (κ1) is 21.4. The Hall–Kier alpha value is -2.93. The predicted molar refractivity (Wildman–Crippen MR) is 103 cm³/mol. The number of aryl methyl sites for hydroxylation is 1. The van der Waals surface area contributed by atoms with Crippen molar-refractivity contribution in [3.8, 4) is 0 Å². The molecular weight excluding hydrogens is 362 g/mol. The molecule has 0 saturated heterocycles. The van der Waals surface area contributed by atoms with Gasteiger partial charge in [0, 0.05) is 24.1 Å². The van der Waals surface area contributed by atoms with E-state index >= 15 is 0 Å². The van der Waals surface area contributed by atoms with E-state index in [0.29, 0.717) is 12.2 Å². The van der Waals surface area contributed by atoms with Crippen molar-refractivity contribution in [2.45, 2.75) is 26.8 Å². The van der Waals surface area contributed by atoms with E-state index in [0.717, 1.165) is 11.4 Å². The van der Waals surface area contributed by atoms with Crippen molar-refractivity contribution in [2.75, 3.05) is 27.4 Å². The van der Waals surface area contributed by atoms with E-state index in [2.05, 4.69) is 4.74 Å². The van der Waals surface area contributed by atoms with Gasteiger partial charge in [-0.1, -0.05) is 12.1 Å². The zero-order valence-corrected chi connectivity index (χ0v) is 16.8. The van der Waals surface area contributed by atoms with Crippen LogP contribution in [-0.4, -0.2) is 49.7 Å². The maximum absolute atomic E-state index is 12.6. The number of hydrogen-bond donors (Lipinski definition) is 0. The largest absolute Gasteiger partial charge is 0.465 e. The van der Waals surface area contributed by atoms with Crippen molar-refractivity contribution >= 4 is 17.7 Å². The Morgan fingerprint density at radius 3 is 2.18 bits per heavy atom. The van der Waals surface area contributed by atoms with E-state index in [4.69, 9.17) is 9.47 Å². The molecular formula is C21H25NO6. The first-order valence-corrected chi connectivity index (χ1v) is 8.86. The quantitative estimate of drug-likeness (QED) is 0.511. The lowest BCUT2D eigenvalue weighted by atomic mass is 10.1. The fraction of sp³-hybridized carbons (Fsp3) is 0.381. The van der Waals surface area contributed by atoms with Gasteiger partial charge in [0.25, 0.3) is 0 Å². The van der Waals surface area contributed by atoms with Crippen molar-refractivity contribution in [3.05, 3.63) is 58.4 Å². The number of benzene rings is 1. The monoisotopic (exact) mass is 387 g/mol. The summed E-state index contributed by atoms with van der Waals surface area (Å²) < 4.78 is 17.0. The van der Waals surface area contributed by atoms with E-state index < -0.39 is 18.5 Å². The van der Waals surface area contributed by atoms with Crippen LogP contribution in [0.1, 0.15) is 55.4 Å². The summed E-state index contributed by atoms with van der Waals surface area (Å²) in [5, 5.41) is 0. The lowest BCUT2D eigenvalue weighted by Gasteiger charge is -2.17. The molecule has 7 nitrogen and oxygen atoms in total. The van der Waals surface area contributed by atoms with Gasteiger partial charge in [-0.25, -0.2) is 9.59 Å². The fourth-order valence-corrected chi connectivity index (χ4v) is 3.29.